The van der Waals surface area contributed by atoms with E-state index in [0.29, 0.717) is 11.3 Å². The maximum atomic E-state index is 5.43. The molecule has 17 heavy (non-hydrogen) atoms. The summed E-state index contributed by atoms with van der Waals surface area (Å²) in [6.45, 7) is 9.72. The zero-order chi connectivity index (χ0) is 12.7. The molecular weight excluding hydrogens is 210 g/mol. The summed E-state index contributed by atoms with van der Waals surface area (Å²) < 4.78 is 0. The third-order valence-corrected chi connectivity index (χ3v) is 3.27. The summed E-state index contributed by atoms with van der Waals surface area (Å²) in [6, 6.07) is 0. The Hall–Kier alpha value is -0.530. The number of oxime groups is 1. The molecule has 1 aliphatic rings. The molecule has 1 rings (SSSR count). The second-order valence-corrected chi connectivity index (χ2v) is 6.49. The second-order valence-electron chi connectivity index (χ2n) is 6.49. The van der Waals surface area contributed by atoms with E-state index in [2.05, 4.69) is 32.9 Å². The molecule has 0 atom stereocenters. The van der Waals surface area contributed by atoms with E-state index in [-0.39, 0.29) is 0 Å². The van der Waals surface area contributed by atoms with Gasteiger partial charge in [0.1, 0.15) is 6.61 Å². The first-order valence-electron chi connectivity index (χ1n) is 7.21. The molecular formula is C15H29NO. The number of hydrogen-bond donors (Lipinski definition) is 0. The van der Waals surface area contributed by atoms with E-state index in [1.807, 2.05) is 0 Å². The molecule has 0 aromatic carbocycles. The van der Waals surface area contributed by atoms with E-state index >= 15 is 0 Å². The highest BCUT2D eigenvalue weighted by molar-refractivity contribution is 5.86. The van der Waals surface area contributed by atoms with Crippen LogP contribution in [0.15, 0.2) is 5.16 Å². The minimum Gasteiger partial charge on any atom is -0.396 e. The molecule has 0 unspecified atom stereocenters. The van der Waals surface area contributed by atoms with Crippen LogP contribution in [0.3, 0.4) is 0 Å². The van der Waals surface area contributed by atoms with Crippen LogP contribution in [0, 0.1) is 11.3 Å². The monoisotopic (exact) mass is 239 g/mol. The van der Waals surface area contributed by atoms with Crippen LogP contribution < -0.4 is 0 Å². The van der Waals surface area contributed by atoms with Crippen LogP contribution in [0.2, 0.25) is 0 Å². The van der Waals surface area contributed by atoms with Gasteiger partial charge in [-0.15, -0.1) is 0 Å². The molecule has 2 heteroatoms. The van der Waals surface area contributed by atoms with Gasteiger partial charge in [-0.2, -0.15) is 0 Å². The zero-order valence-electron chi connectivity index (χ0n) is 12.1. The van der Waals surface area contributed by atoms with Gasteiger partial charge in [-0.3, -0.25) is 0 Å². The van der Waals surface area contributed by atoms with Crippen molar-refractivity contribution in [3.63, 3.8) is 0 Å². The van der Waals surface area contributed by atoms with Crippen molar-refractivity contribution >= 4 is 5.71 Å². The molecule has 0 N–H and O–H groups in total. The summed E-state index contributed by atoms with van der Waals surface area (Å²) in [5, 5.41) is 4.44. The Morgan fingerprint density at radius 3 is 2.35 bits per heavy atom. The van der Waals surface area contributed by atoms with E-state index < -0.39 is 0 Å². The molecule has 0 radical (unpaired) electrons. The van der Waals surface area contributed by atoms with Gasteiger partial charge < -0.3 is 4.84 Å². The molecule has 0 aromatic heterocycles. The number of nitrogens with zero attached hydrogens (tertiary/aromatic N) is 1. The third-order valence-electron chi connectivity index (χ3n) is 3.27. The van der Waals surface area contributed by atoms with Gasteiger partial charge in [-0.05, 0) is 31.1 Å². The fourth-order valence-corrected chi connectivity index (χ4v) is 2.45. The Labute approximate surface area is 107 Å². The number of hydrogen-bond acceptors (Lipinski definition) is 2. The predicted octanol–water partition coefficient (Wildman–Crippen LogP) is 4.79. The predicted molar refractivity (Wildman–Crippen MR) is 74.3 cm³/mol. The summed E-state index contributed by atoms with van der Waals surface area (Å²) >= 11 is 0. The molecule has 0 spiro atoms. The number of rotatable bonds is 5. The van der Waals surface area contributed by atoms with Gasteiger partial charge in [-0.1, -0.05) is 52.1 Å². The molecule has 100 valence electrons. The van der Waals surface area contributed by atoms with Crippen molar-refractivity contribution in [3.05, 3.63) is 0 Å². The molecule has 2 nitrogen and oxygen atoms in total. The van der Waals surface area contributed by atoms with Gasteiger partial charge in [0.15, 0.2) is 0 Å². The van der Waals surface area contributed by atoms with Crippen LogP contribution in [0.1, 0.15) is 72.6 Å². The summed E-state index contributed by atoms with van der Waals surface area (Å²) in [6.07, 6.45) is 8.85. The van der Waals surface area contributed by atoms with E-state index in [9.17, 15) is 0 Å². The highest BCUT2D eigenvalue weighted by Gasteiger charge is 2.24. The van der Waals surface area contributed by atoms with Crippen LogP contribution in [-0.4, -0.2) is 12.3 Å². The summed E-state index contributed by atoms with van der Waals surface area (Å²) in [5.74, 6) is 0.680. The first kappa shape index (κ1) is 14.5. The van der Waals surface area contributed by atoms with Gasteiger partial charge in [0.25, 0.3) is 0 Å². The van der Waals surface area contributed by atoms with Gasteiger partial charge in [0.2, 0.25) is 0 Å². The van der Waals surface area contributed by atoms with Crippen LogP contribution >= 0.6 is 0 Å². The lowest BCUT2D eigenvalue weighted by molar-refractivity contribution is 0.140. The quantitative estimate of drug-likeness (QED) is 0.384. The molecule has 0 bridgehead atoms. The Morgan fingerprint density at radius 1 is 1.18 bits per heavy atom. The van der Waals surface area contributed by atoms with Gasteiger partial charge in [0.05, 0.1) is 5.71 Å². The largest absolute Gasteiger partial charge is 0.396 e. The molecule has 0 aromatic rings. The van der Waals surface area contributed by atoms with E-state index in [1.165, 1.54) is 37.8 Å². The van der Waals surface area contributed by atoms with Gasteiger partial charge in [0, 0.05) is 5.92 Å². The van der Waals surface area contributed by atoms with Crippen LogP contribution in [0.4, 0.5) is 0 Å². The highest BCUT2D eigenvalue weighted by atomic mass is 16.6. The molecule has 1 saturated carbocycles. The van der Waals surface area contributed by atoms with Crippen molar-refractivity contribution in [1.82, 2.24) is 0 Å². The fourth-order valence-electron chi connectivity index (χ4n) is 2.45. The average molecular weight is 239 g/mol. The Kier molecular flexibility index (Phi) is 6.01. The van der Waals surface area contributed by atoms with Crippen LogP contribution in [-0.2, 0) is 4.84 Å². The van der Waals surface area contributed by atoms with Crippen molar-refractivity contribution in [3.8, 4) is 0 Å². The smallest absolute Gasteiger partial charge is 0.116 e. The van der Waals surface area contributed by atoms with E-state index in [4.69, 9.17) is 4.84 Å². The minimum atomic E-state index is 0.311. The topological polar surface area (TPSA) is 21.6 Å². The summed E-state index contributed by atoms with van der Waals surface area (Å²) in [7, 11) is 0. The normalized spacial score (nSPS) is 19.4. The maximum absolute atomic E-state index is 5.43. The second kappa shape index (κ2) is 7.03. The fraction of sp³-hybridized carbons (Fsp3) is 0.933. The Bertz CT molecular complexity index is 234. The molecule has 0 heterocycles. The van der Waals surface area contributed by atoms with Gasteiger partial charge in [-0.25, -0.2) is 0 Å². The Morgan fingerprint density at radius 2 is 1.82 bits per heavy atom. The first-order chi connectivity index (χ1) is 8.03. The lowest BCUT2D eigenvalue weighted by Gasteiger charge is -2.27. The first-order valence-corrected chi connectivity index (χ1v) is 7.21. The molecule has 1 fully saturated rings. The summed E-state index contributed by atoms with van der Waals surface area (Å²) in [4.78, 5) is 5.43. The Balaban J connectivity index is 2.59. The SMILES string of the molecule is CCCO/N=C(/CC(C)(C)C)C1CCCCC1. The van der Waals surface area contributed by atoms with Crippen molar-refractivity contribution in [2.75, 3.05) is 6.61 Å². The van der Waals surface area contributed by atoms with Crippen LogP contribution in [0.5, 0.6) is 0 Å². The van der Waals surface area contributed by atoms with Crippen LogP contribution in [0.25, 0.3) is 0 Å². The molecule has 0 amide bonds. The third kappa shape index (κ3) is 6.09. The van der Waals surface area contributed by atoms with Crippen molar-refractivity contribution in [1.29, 1.82) is 0 Å². The minimum absolute atomic E-state index is 0.311. The highest BCUT2D eigenvalue weighted by Crippen LogP contribution is 2.30. The lowest BCUT2D eigenvalue weighted by atomic mass is 9.79. The molecule has 1 aliphatic carbocycles. The van der Waals surface area contributed by atoms with Crippen molar-refractivity contribution < 1.29 is 4.84 Å². The van der Waals surface area contributed by atoms with E-state index in [0.717, 1.165) is 19.4 Å². The van der Waals surface area contributed by atoms with Crippen molar-refractivity contribution in [2.24, 2.45) is 16.5 Å². The molecule has 0 saturated heterocycles. The van der Waals surface area contributed by atoms with Gasteiger partial charge >= 0.3 is 0 Å². The van der Waals surface area contributed by atoms with Crippen molar-refractivity contribution in [2.45, 2.75) is 72.6 Å². The lowest BCUT2D eigenvalue weighted by Crippen LogP contribution is -2.23. The zero-order valence-corrected chi connectivity index (χ0v) is 12.1. The molecule has 0 aliphatic heterocycles. The summed E-state index contributed by atoms with van der Waals surface area (Å²) in [5.41, 5.74) is 1.62. The maximum Gasteiger partial charge on any atom is 0.116 e. The standard InChI is InChI=1S/C15H29NO/c1-5-11-17-16-14(12-15(2,3)4)13-9-7-6-8-10-13/h13H,5-12H2,1-4H3/b16-14-. The average Bonchev–Trinajstić information content (AvgIpc) is 2.28. The van der Waals surface area contributed by atoms with E-state index in [1.54, 1.807) is 0 Å².